The summed E-state index contributed by atoms with van der Waals surface area (Å²) < 4.78 is 18.4. The fraction of sp³-hybridized carbons (Fsp3) is 0.643. The topological polar surface area (TPSA) is 34.1 Å². The van der Waals surface area contributed by atoms with E-state index in [1.807, 2.05) is 0 Å². The summed E-state index contributed by atoms with van der Waals surface area (Å²) in [7, 11) is 0. The minimum absolute atomic E-state index is 0.193. The molecule has 0 aliphatic carbocycles. The summed E-state index contributed by atoms with van der Waals surface area (Å²) in [6, 6.07) is 3.41. The number of ether oxygens (including phenoxy) is 1. The van der Waals surface area contributed by atoms with E-state index in [9.17, 15) is 4.39 Å². The molecule has 1 saturated heterocycles. The second kappa shape index (κ2) is 6.25. The molecule has 100 valence electrons. The van der Waals surface area contributed by atoms with Gasteiger partial charge in [-0.3, -0.25) is 4.98 Å². The van der Waals surface area contributed by atoms with Crippen molar-refractivity contribution < 1.29 is 9.13 Å². The average molecular weight is 252 g/mol. The van der Waals surface area contributed by atoms with E-state index in [0.717, 1.165) is 31.7 Å². The summed E-state index contributed by atoms with van der Waals surface area (Å²) in [5.41, 5.74) is 0.908. The Morgan fingerprint density at radius 3 is 2.94 bits per heavy atom. The van der Waals surface area contributed by atoms with Crippen molar-refractivity contribution in [1.82, 2.24) is 10.3 Å². The molecule has 18 heavy (non-hydrogen) atoms. The van der Waals surface area contributed by atoms with Gasteiger partial charge in [0.1, 0.15) is 5.82 Å². The average Bonchev–Trinajstić information content (AvgIpc) is 2.78. The van der Waals surface area contributed by atoms with E-state index in [2.05, 4.69) is 24.1 Å². The lowest BCUT2D eigenvalue weighted by Gasteiger charge is -2.20. The van der Waals surface area contributed by atoms with Crippen LogP contribution in [0.4, 0.5) is 4.39 Å². The third kappa shape index (κ3) is 3.27. The Bertz CT molecular complexity index is 369. The Hall–Kier alpha value is -1.00. The van der Waals surface area contributed by atoms with Gasteiger partial charge in [0.05, 0.1) is 18.0 Å². The predicted octanol–water partition coefficient (Wildman–Crippen LogP) is 2.69. The molecule has 2 heterocycles. The highest BCUT2D eigenvalue weighted by Crippen LogP contribution is 2.21. The van der Waals surface area contributed by atoms with Crippen molar-refractivity contribution in [3.8, 4) is 0 Å². The van der Waals surface area contributed by atoms with Crippen LogP contribution in [0.3, 0.4) is 0 Å². The van der Waals surface area contributed by atoms with Crippen LogP contribution in [0.1, 0.15) is 38.4 Å². The molecule has 1 aromatic rings. The maximum atomic E-state index is 12.8. The Kier molecular flexibility index (Phi) is 4.66. The number of nitrogens with zero attached hydrogens (tertiary/aromatic N) is 1. The molecule has 1 N–H and O–H groups in total. The van der Waals surface area contributed by atoms with Crippen molar-refractivity contribution in [3.63, 3.8) is 0 Å². The van der Waals surface area contributed by atoms with E-state index in [1.54, 1.807) is 6.07 Å². The molecular formula is C14H21FN2O. The molecule has 3 unspecified atom stereocenters. The van der Waals surface area contributed by atoms with Gasteiger partial charge in [-0.2, -0.15) is 0 Å². The van der Waals surface area contributed by atoms with Gasteiger partial charge in [0.15, 0.2) is 0 Å². The fourth-order valence-corrected chi connectivity index (χ4v) is 2.39. The molecule has 2 rings (SSSR count). The molecule has 3 nitrogen and oxygen atoms in total. The van der Waals surface area contributed by atoms with E-state index in [-0.39, 0.29) is 11.9 Å². The first-order valence-electron chi connectivity index (χ1n) is 6.67. The van der Waals surface area contributed by atoms with Crippen molar-refractivity contribution in [2.75, 3.05) is 13.2 Å². The molecule has 1 aliphatic heterocycles. The number of halogens is 1. The third-order valence-electron chi connectivity index (χ3n) is 3.68. The summed E-state index contributed by atoms with van der Waals surface area (Å²) >= 11 is 0. The standard InChI is InChI=1S/C14H21FN2O/c1-3-13(14-5-4-12(15)9-17-14)16-8-11-6-7-18-10(11)2/h4-5,9-11,13,16H,3,6-8H2,1-2H3. The number of aromatic nitrogens is 1. The van der Waals surface area contributed by atoms with Crippen molar-refractivity contribution in [1.29, 1.82) is 0 Å². The zero-order chi connectivity index (χ0) is 13.0. The van der Waals surface area contributed by atoms with Crippen LogP contribution >= 0.6 is 0 Å². The van der Waals surface area contributed by atoms with Gasteiger partial charge in [-0.05, 0) is 37.8 Å². The third-order valence-corrected chi connectivity index (χ3v) is 3.68. The summed E-state index contributed by atoms with van der Waals surface area (Å²) in [4.78, 5) is 4.14. The predicted molar refractivity (Wildman–Crippen MR) is 68.8 cm³/mol. The molecule has 0 amide bonds. The molecular weight excluding hydrogens is 231 g/mol. The highest BCUT2D eigenvalue weighted by molar-refractivity contribution is 5.09. The highest BCUT2D eigenvalue weighted by Gasteiger charge is 2.24. The summed E-state index contributed by atoms with van der Waals surface area (Å²) in [5.74, 6) is 0.283. The first kappa shape index (κ1) is 13.4. The van der Waals surface area contributed by atoms with Gasteiger partial charge in [-0.1, -0.05) is 6.92 Å². The Morgan fingerprint density at radius 1 is 1.56 bits per heavy atom. The van der Waals surface area contributed by atoms with E-state index < -0.39 is 0 Å². The van der Waals surface area contributed by atoms with Crippen LogP contribution in [0.2, 0.25) is 0 Å². The smallest absolute Gasteiger partial charge is 0.141 e. The van der Waals surface area contributed by atoms with Gasteiger partial charge in [0, 0.05) is 19.2 Å². The summed E-state index contributed by atoms with van der Waals surface area (Å²) in [5, 5.41) is 3.51. The molecule has 0 spiro atoms. The second-order valence-electron chi connectivity index (χ2n) is 4.90. The maximum Gasteiger partial charge on any atom is 0.141 e. The molecule has 0 radical (unpaired) electrons. The SMILES string of the molecule is CCC(NCC1CCOC1C)c1ccc(F)cn1. The van der Waals surface area contributed by atoms with Gasteiger partial charge in [-0.25, -0.2) is 4.39 Å². The monoisotopic (exact) mass is 252 g/mol. The molecule has 0 aromatic carbocycles. The minimum Gasteiger partial charge on any atom is -0.378 e. The second-order valence-corrected chi connectivity index (χ2v) is 4.90. The fourth-order valence-electron chi connectivity index (χ4n) is 2.39. The van der Waals surface area contributed by atoms with Crippen molar-refractivity contribution in [2.24, 2.45) is 5.92 Å². The zero-order valence-electron chi connectivity index (χ0n) is 11.0. The number of pyridine rings is 1. The number of hydrogen-bond acceptors (Lipinski definition) is 3. The lowest BCUT2D eigenvalue weighted by molar-refractivity contribution is 0.105. The van der Waals surface area contributed by atoms with Gasteiger partial charge >= 0.3 is 0 Å². The van der Waals surface area contributed by atoms with Crippen LogP contribution in [0.5, 0.6) is 0 Å². The molecule has 0 bridgehead atoms. The molecule has 1 aliphatic rings. The van der Waals surface area contributed by atoms with Gasteiger partial charge in [0.25, 0.3) is 0 Å². The lowest BCUT2D eigenvalue weighted by Crippen LogP contribution is -2.30. The number of hydrogen-bond donors (Lipinski definition) is 1. The van der Waals surface area contributed by atoms with Crippen molar-refractivity contribution in [3.05, 3.63) is 29.8 Å². The molecule has 4 heteroatoms. The van der Waals surface area contributed by atoms with Crippen molar-refractivity contribution >= 4 is 0 Å². The Morgan fingerprint density at radius 2 is 2.39 bits per heavy atom. The number of nitrogens with one attached hydrogen (secondary N) is 1. The van der Waals surface area contributed by atoms with Crippen LogP contribution < -0.4 is 5.32 Å². The Balaban J connectivity index is 1.91. The largest absolute Gasteiger partial charge is 0.378 e. The molecule has 0 saturated carbocycles. The summed E-state index contributed by atoms with van der Waals surface area (Å²) in [6.45, 7) is 6.02. The van der Waals surface area contributed by atoms with Crippen LogP contribution in [-0.4, -0.2) is 24.2 Å². The van der Waals surface area contributed by atoms with Crippen LogP contribution in [-0.2, 0) is 4.74 Å². The molecule has 1 aromatic heterocycles. The quantitative estimate of drug-likeness (QED) is 0.875. The first-order chi connectivity index (χ1) is 8.70. The maximum absolute atomic E-state index is 12.8. The van der Waals surface area contributed by atoms with Gasteiger partial charge in [0.2, 0.25) is 0 Å². The highest BCUT2D eigenvalue weighted by atomic mass is 19.1. The minimum atomic E-state index is -0.286. The van der Waals surface area contributed by atoms with Gasteiger partial charge in [-0.15, -0.1) is 0 Å². The first-order valence-corrected chi connectivity index (χ1v) is 6.67. The van der Waals surface area contributed by atoms with Crippen molar-refractivity contribution in [2.45, 2.75) is 38.8 Å². The van der Waals surface area contributed by atoms with E-state index >= 15 is 0 Å². The van der Waals surface area contributed by atoms with E-state index in [1.165, 1.54) is 12.3 Å². The number of rotatable bonds is 5. The van der Waals surface area contributed by atoms with Gasteiger partial charge < -0.3 is 10.1 Å². The zero-order valence-corrected chi connectivity index (χ0v) is 11.0. The molecule has 1 fully saturated rings. The molecule has 3 atom stereocenters. The van der Waals surface area contributed by atoms with E-state index in [0.29, 0.717) is 12.0 Å². The Labute approximate surface area is 108 Å². The van der Waals surface area contributed by atoms with Crippen LogP contribution in [0.25, 0.3) is 0 Å². The van der Waals surface area contributed by atoms with Crippen LogP contribution in [0, 0.1) is 11.7 Å². The van der Waals surface area contributed by atoms with E-state index in [4.69, 9.17) is 4.74 Å². The summed E-state index contributed by atoms with van der Waals surface area (Å²) in [6.07, 6.45) is 3.67. The van der Waals surface area contributed by atoms with Crippen LogP contribution in [0.15, 0.2) is 18.3 Å². The lowest BCUT2D eigenvalue weighted by atomic mass is 10.0. The normalized spacial score (nSPS) is 25.3.